The zero-order chi connectivity index (χ0) is 39.4. The quantitative estimate of drug-likeness (QED) is 0.0270. The first kappa shape index (κ1) is 50.9. The molecule has 1 unspecified atom stereocenters. The number of carbonyl (C=O) groups is 3. The number of hydrogen-bond acceptors (Lipinski definition) is 6. The van der Waals surface area contributed by atoms with E-state index in [0.29, 0.717) is 19.3 Å². The van der Waals surface area contributed by atoms with Crippen molar-refractivity contribution in [1.82, 2.24) is 0 Å². The van der Waals surface area contributed by atoms with Crippen molar-refractivity contribution in [2.45, 2.75) is 200 Å². The molecule has 0 aliphatic heterocycles. The van der Waals surface area contributed by atoms with Crippen molar-refractivity contribution >= 4 is 17.9 Å². The second-order valence-corrected chi connectivity index (χ2v) is 14.2. The van der Waals surface area contributed by atoms with Gasteiger partial charge in [0.05, 0.1) is 0 Å². The highest BCUT2D eigenvalue weighted by atomic mass is 16.6. The van der Waals surface area contributed by atoms with E-state index in [-0.39, 0.29) is 37.5 Å². The van der Waals surface area contributed by atoms with Crippen LogP contribution in [0.5, 0.6) is 0 Å². The summed E-state index contributed by atoms with van der Waals surface area (Å²) in [5.74, 6) is -1.02. The molecule has 54 heavy (non-hydrogen) atoms. The number of esters is 3. The van der Waals surface area contributed by atoms with Crippen LogP contribution in [0.2, 0.25) is 0 Å². The van der Waals surface area contributed by atoms with E-state index >= 15 is 0 Å². The van der Waals surface area contributed by atoms with Gasteiger partial charge in [0, 0.05) is 19.3 Å². The highest BCUT2D eigenvalue weighted by Gasteiger charge is 2.19. The lowest BCUT2D eigenvalue weighted by atomic mass is 10.1. The van der Waals surface area contributed by atoms with Crippen molar-refractivity contribution in [3.8, 4) is 0 Å². The van der Waals surface area contributed by atoms with Crippen LogP contribution in [-0.2, 0) is 28.6 Å². The van der Waals surface area contributed by atoms with Crippen LogP contribution in [-0.4, -0.2) is 37.2 Å². The molecule has 0 spiro atoms. The van der Waals surface area contributed by atoms with Gasteiger partial charge in [-0.1, -0.05) is 151 Å². The maximum absolute atomic E-state index is 12.6. The molecule has 6 heteroatoms. The lowest BCUT2D eigenvalue weighted by Crippen LogP contribution is -2.30. The Morgan fingerprint density at radius 2 is 0.741 bits per heavy atom. The topological polar surface area (TPSA) is 78.9 Å². The molecule has 0 N–H and O–H groups in total. The minimum absolute atomic E-state index is 0.111. The number of allylic oxidation sites excluding steroid dienone is 12. The second kappa shape index (κ2) is 42.6. The van der Waals surface area contributed by atoms with Gasteiger partial charge < -0.3 is 14.2 Å². The molecule has 0 saturated heterocycles. The van der Waals surface area contributed by atoms with E-state index in [9.17, 15) is 14.4 Å². The highest BCUT2D eigenvalue weighted by Crippen LogP contribution is 2.12. The number of rotatable bonds is 38. The average molecular weight is 753 g/mol. The predicted molar refractivity (Wildman–Crippen MR) is 228 cm³/mol. The van der Waals surface area contributed by atoms with Gasteiger partial charge in [-0.2, -0.15) is 0 Å². The van der Waals surface area contributed by atoms with Crippen molar-refractivity contribution in [2.24, 2.45) is 0 Å². The summed E-state index contributed by atoms with van der Waals surface area (Å²) in [7, 11) is 0. The van der Waals surface area contributed by atoms with Gasteiger partial charge in [0.2, 0.25) is 0 Å². The van der Waals surface area contributed by atoms with Gasteiger partial charge >= 0.3 is 17.9 Å². The normalized spacial score (nSPS) is 12.7. The third kappa shape index (κ3) is 40.0. The smallest absolute Gasteiger partial charge is 0.306 e. The standard InChI is InChI=1S/C48H80O6/c1-4-7-10-13-16-19-21-22-23-24-25-27-29-32-35-38-41-47(50)53-44-45(43-52-46(49)40-37-34-31-28-18-15-12-9-6-3)54-48(51)42-39-36-33-30-26-20-17-14-11-8-5-2/h8-9,11-12,17-18,20,23-24,28,30,33,45H,4-7,10,13-16,19,21-22,25-27,29,31-32,34-44H2,1-3H3/b11-8-,12-9-,20-17-,24-23-,28-18-,33-30-. The monoisotopic (exact) mass is 753 g/mol. The molecule has 0 radical (unpaired) electrons. The van der Waals surface area contributed by atoms with Crippen molar-refractivity contribution in [3.63, 3.8) is 0 Å². The van der Waals surface area contributed by atoms with E-state index in [1.807, 2.05) is 0 Å². The van der Waals surface area contributed by atoms with Gasteiger partial charge in [0.15, 0.2) is 6.10 Å². The average Bonchev–Trinajstić information content (AvgIpc) is 3.17. The van der Waals surface area contributed by atoms with Crippen molar-refractivity contribution in [2.75, 3.05) is 13.2 Å². The Bertz CT molecular complexity index is 1050. The molecular weight excluding hydrogens is 673 g/mol. The first-order valence-corrected chi connectivity index (χ1v) is 21.9. The van der Waals surface area contributed by atoms with Crippen molar-refractivity contribution in [1.29, 1.82) is 0 Å². The van der Waals surface area contributed by atoms with E-state index < -0.39 is 6.10 Å². The maximum Gasteiger partial charge on any atom is 0.306 e. The molecule has 6 nitrogen and oxygen atoms in total. The molecule has 0 aliphatic carbocycles. The SMILES string of the molecule is CC/C=C\C/C=C\C/C=C\CCCC(=O)OC(COC(=O)CCCC/C=C\C/C=C\CC)COC(=O)CCCCCCC/C=C\CCCCCCCCC. The predicted octanol–water partition coefficient (Wildman–Crippen LogP) is 13.9. The third-order valence-electron chi connectivity index (χ3n) is 8.93. The number of hydrogen-bond donors (Lipinski definition) is 0. The van der Waals surface area contributed by atoms with Crippen LogP contribution in [0.4, 0.5) is 0 Å². The molecule has 308 valence electrons. The van der Waals surface area contributed by atoms with Gasteiger partial charge in [-0.25, -0.2) is 0 Å². The summed E-state index contributed by atoms with van der Waals surface area (Å²) in [6, 6.07) is 0. The Kier molecular flexibility index (Phi) is 40.1. The molecule has 0 aromatic heterocycles. The van der Waals surface area contributed by atoms with Crippen LogP contribution in [0.1, 0.15) is 194 Å². The number of carbonyl (C=O) groups excluding carboxylic acids is 3. The van der Waals surface area contributed by atoms with E-state index in [1.54, 1.807) is 0 Å². The van der Waals surface area contributed by atoms with Crippen LogP contribution < -0.4 is 0 Å². The lowest BCUT2D eigenvalue weighted by molar-refractivity contribution is -0.167. The van der Waals surface area contributed by atoms with Crippen LogP contribution in [0.15, 0.2) is 72.9 Å². The summed E-state index contributed by atoms with van der Waals surface area (Å²) in [6.45, 7) is 6.28. The summed E-state index contributed by atoms with van der Waals surface area (Å²) in [4.78, 5) is 37.6. The molecule has 0 rings (SSSR count). The minimum atomic E-state index is -0.814. The van der Waals surface area contributed by atoms with Gasteiger partial charge in [0.1, 0.15) is 13.2 Å². The number of ether oxygens (including phenoxy) is 3. The first-order valence-electron chi connectivity index (χ1n) is 21.9. The zero-order valence-corrected chi connectivity index (χ0v) is 35.0. The van der Waals surface area contributed by atoms with Crippen LogP contribution >= 0.6 is 0 Å². The zero-order valence-electron chi connectivity index (χ0n) is 35.0. The first-order chi connectivity index (χ1) is 26.5. The van der Waals surface area contributed by atoms with E-state index in [4.69, 9.17) is 14.2 Å². The Hall–Kier alpha value is -3.15. The lowest BCUT2D eigenvalue weighted by Gasteiger charge is -2.18. The van der Waals surface area contributed by atoms with Crippen LogP contribution in [0.25, 0.3) is 0 Å². The molecule has 0 aliphatic rings. The van der Waals surface area contributed by atoms with Gasteiger partial charge in [-0.05, 0) is 96.3 Å². The fourth-order valence-electron chi connectivity index (χ4n) is 5.67. The molecule has 0 amide bonds. The molecule has 0 aromatic carbocycles. The minimum Gasteiger partial charge on any atom is -0.462 e. The molecule has 0 bridgehead atoms. The largest absolute Gasteiger partial charge is 0.462 e. The fourth-order valence-corrected chi connectivity index (χ4v) is 5.67. The summed E-state index contributed by atoms with van der Waals surface area (Å²) in [6.07, 6.45) is 52.0. The van der Waals surface area contributed by atoms with E-state index in [1.165, 1.54) is 57.8 Å². The summed E-state index contributed by atoms with van der Waals surface area (Å²) in [5.41, 5.74) is 0. The molecule has 0 saturated carbocycles. The van der Waals surface area contributed by atoms with E-state index in [2.05, 4.69) is 93.7 Å². The highest BCUT2D eigenvalue weighted by molar-refractivity contribution is 5.71. The van der Waals surface area contributed by atoms with Crippen molar-refractivity contribution < 1.29 is 28.6 Å². The van der Waals surface area contributed by atoms with Gasteiger partial charge in [-0.15, -0.1) is 0 Å². The summed E-state index contributed by atoms with van der Waals surface area (Å²) in [5, 5.41) is 0. The molecule has 1 atom stereocenters. The Morgan fingerprint density at radius 3 is 1.24 bits per heavy atom. The molecule has 0 fully saturated rings. The fraction of sp³-hybridized carbons (Fsp3) is 0.688. The van der Waals surface area contributed by atoms with Crippen LogP contribution in [0.3, 0.4) is 0 Å². The van der Waals surface area contributed by atoms with E-state index in [0.717, 1.165) is 89.9 Å². The summed E-state index contributed by atoms with van der Waals surface area (Å²) >= 11 is 0. The molecule has 0 heterocycles. The van der Waals surface area contributed by atoms with Gasteiger partial charge in [-0.3, -0.25) is 14.4 Å². The Labute approximate surface area is 332 Å². The second-order valence-electron chi connectivity index (χ2n) is 14.2. The molecule has 0 aromatic rings. The molecular formula is C48H80O6. The Morgan fingerprint density at radius 1 is 0.389 bits per heavy atom. The van der Waals surface area contributed by atoms with Crippen LogP contribution in [0, 0.1) is 0 Å². The maximum atomic E-state index is 12.6. The number of unbranched alkanes of at least 4 members (excludes halogenated alkanes) is 15. The third-order valence-corrected chi connectivity index (χ3v) is 8.93. The summed E-state index contributed by atoms with van der Waals surface area (Å²) < 4.78 is 16.6. The Balaban J connectivity index is 4.43. The van der Waals surface area contributed by atoms with Crippen molar-refractivity contribution in [3.05, 3.63) is 72.9 Å². The van der Waals surface area contributed by atoms with Gasteiger partial charge in [0.25, 0.3) is 0 Å².